The van der Waals surface area contributed by atoms with Gasteiger partial charge in [0.1, 0.15) is 11.8 Å². The highest BCUT2D eigenvalue weighted by atomic mass is 19.2. The molecule has 0 unspecified atom stereocenters. The fourth-order valence-corrected chi connectivity index (χ4v) is 1.75. The predicted octanol–water partition coefficient (Wildman–Crippen LogP) is 3.47. The Hall–Kier alpha value is -2.61. The van der Waals surface area contributed by atoms with E-state index in [-0.39, 0.29) is 11.4 Å². The molecule has 0 fully saturated rings. The quantitative estimate of drug-likeness (QED) is 0.812. The Labute approximate surface area is 109 Å². The van der Waals surface area contributed by atoms with Gasteiger partial charge < -0.3 is 11.1 Å². The maximum Gasteiger partial charge on any atom is 0.184 e. The van der Waals surface area contributed by atoms with E-state index in [2.05, 4.69) is 5.32 Å². The highest BCUT2D eigenvalue weighted by molar-refractivity contribution is 5.76. The molecule has 0 saturated carbocycles. The first-order valence-corrected chi connectivity index (χ1v) is 5.54. The number of nitrogens with zero attached hydrogens (tertiary/aromatic N) is 1. The number of nitrogen functional groups attached to an aromatic ring is 1. The lowest BCUT2D eigenvalue weighted by molar-refractivity contribution is 0.512. The number of anilines is 3. The van der Waals surface area contributed by atoms with Gasteiger partial charge >= 0.3 is 0 Å². The lowest BCUT2D eigenvalue weighted by atomic mass is 10.1. The molecule has 2 aromatic carbocycles. The van der Waals surface area contributed by atoms with Gasteiger partial charge in [-0.1, -0.05) is 12.1 Å². The van der Waals surface area contributed by atoms with Crippen LogP contribution in [0.1, 0.15) is 11.1 Å². The van der Waals surface area contributed by atoms with Gasteiger partial charge in [0.05, 0.1) is 16.9 Å². The molecule has 2 rings (SSSR count). The van der Waals surface area contributed by atoms with Gasteiger partial charge in [0, 0.05) is 0 Å². The van der Waals surface area contributed by atoms with Gasteiger partial charge in [0.15, 0.2) is 11.6 Å². The fraction of sp³-hybridized carbons (Fsp3) is 0.0714. The summed E-state index contributed by atoms with van der Waals surface area (Å²) >= 11 is 0. The Balaban J connectivity index is 2.52. The van der Waals surface area contributed by atoms with E-state index < -0.39 is 11.6 Å². The molecule has 0 aliphatic heterocycles. The largest absolute Gasteiger partial charge is 0.397 e. The molecule has 0 saturated heterocycles. The zero-order valence-corrected chi connectivity index (χ0v) is 10.2. The SMILES string of the molecule is Cc1cccc(Nc2c(N)ccc(F)c2F)c1C#N. The van der Waals surface area contributed by atoms with Gasteiger partial charge in [-0.05, 0) is 30.7 Å². The third-order valence-electron chi connectivity index (χ3n) is 2.77. The van der Waals surface area contributed by atoms with E-state index in [4.69, 9.17) is 11.0 Å². The second kappa shape index (κ2) is 4.94. The number of rotatable bonds is 2. The van der Waals surface area contributed by atoms with Crippen molar-refractivity contribution in [3.8, 4) is 6.07 Å². The summed E-state index contributed by atoms with van der Waals surface area (Å²) < 4.78 is 26.9. The average Bonchev–Trinajstić information content (AvgIpc) is 2.39. The van der Waals surface area contributed by atoms with E-state index in [1.54, 1.807) is 25.1 Å². The minimum Gasteiger partial charge on any atom is -0.397 e. The van der Waals surface area contributed by atoms with Crippen LogP contribution >= 0.6 is 0 Å². The molecule has 0 aliphatic carbocycles. The number of benzene rings is 2. The van der Waals surface area contributed by atoms with Crippen LogP contribution in [0.15, 0.2) is 30.3 Å². The monoisotopic (exact) mass is 259 g/mol. The van der Waals surface area contributed by atoms with E-state index in [0.717, 1.165) is 11.6 Å². The number of hydrogen-bond acceptors (Lipinski definition) is 3. The van der Waals surface area contributed by atoms with Crippen LogP contribution in [0.3, 0.4) is 0 Å². The van der Waals surface area contributed by atoms with Gasteiger partial charge in [0.2, 0.25) is 0 Å². The van der Waals surface area contributed by atoms with Crippen molar-refractivity contribution in [3.05, 3.63) is 53.1 Å². The van der Waals surface area contributed by atoms with Gasteiger partial charge in [-0.15, -0.1) is 0 Å². The Morgan fingerprint density at radius 2 is 1.95 bits per heavy atom. The lowest BCUT2D eigenvalue weighted by Crippen LogP contribution is -2.03. The molecule has 0 aromatic heterocycles. The number of nitrogens with one attached hydrogen (secondary N) is 1. The number of aryl methyl sites for hydroxylation is 1. The molecule has 0 spiro atoms. The molecular weight excluding hydrogens is 248 g/mol. The topological polar surface area (TPSA) is 61.8 Å². The van der Waals surface area contributed by atoms with Gasteiger partial charge in [-0.3, -0.25) is 0 Å². The summed E-state index contributed by atoms with van der Waals surface area (Å²) in [6, 6.07) is 9.32. The van der Waals surface area contributed by atoms with Crippen molar-refractivity contribution in [3.63, 3.8) is 0 Å². The number of nitriles is 1. The van der Waals surface area contributed by atoms with Crippen LogP contribution in [0.2, 0.25) is 0 Å². The minimum atomic E-state index is -1.06. The van der Waals surface area contributed by atoms with Crippen molar-refractivity contribution >= 4 is 17.1 Å². The van der Waals surface area contributed by atoms with Crippen molar-refractivity contribution < 1.29 is 8.78 Å². The number of halogens is 2. The van der Waals surface area contributed by atoms with Crippen LogP contribution in [0.25, 0.3) is 0 Å². The molecule has 96 valence electrons. The minimum absolute atomic E-state index is 0.0734. The molecule has 3 N–H and O–H groups in total. The van der Waals surface area contributed by atoms with Crippen LogP contribution in [0.4, 0.5) is 25.8 Å². The zero-order chi connectivity index (χ0) is 14.0. The highest BCUT2D eigenvalue weighted by Crippen LogP contribution is 2.30. The molecule has 3 nitrogen and oxygen atoms in total. The Kier molecular flexibility index (Phi) is 3.34. The summed E-state index contributed by atoms with van der Waals surface area (Å²) in [7, 11) is 0. The van der Waals surface area contributed by atoms with Crippen LogP contribution in [0.5, 0.6) is 0 Å². The maximum atomic E-state index is 13.7. The van der Waals surface area contributed by atoms with E-state index in [1.165, 1.54) is 6.07 Å². The summed E-state index contributed by atoms with van der Waals surface area (Å²) in [5, 5.41) is 11.8. The molecule has 0 amide bonds. The van der Waals surface area contributed by atoms with Gasteiger partial charge in [-0.25, -0.2) is 8.78 Å². The second-order valence-corrected chi connectivity index (χ2v) is 4.06. The van der Waals surface area contributed by atoms with Crippen LogP contribution in [-0.4, -0.2) is 0 Å². The Morgan fingerprint density at radius 1 is 1.21 bits per heavy atom. The molecule has 2 aromatic rings. The maximum absolute atomic E-state index is 13.7. The van der Waals surface area contributed by atoms with Crippen molar-refractivity contribution in [2.75, 3.05) is 11.1 Å². The highest BCUT2D eigenvalue weighted by Gasteiger charge is 2.14. The first-order valence-electron chi connectivity index (χ1n) is 5.54. The molecular formula is C14H11F2N3. The van der Waals surface area contributed by atoms with Crippen molar-refractivity contribution in [2.45, 2.75) is 6.92 Å². The molecule has 0 aliphatic rings. The molecule has 0 radical (unpaired) electrons. The van der Waals surface area contributed by atoms with E-state index in [0.29, 0.717) is 11.3 Å². The molecule has 5 heteroatoms. The van der Waals surface area contributed by atoms with Crippen molar-refractivity contribution in [1.82, 2.24) is 0 Å². The summed E-state index contributed by atoms with van der Waals surface area (Å²) in [6.45, 7) is 1.76. The normalized spacial score (nSPS) is 10.0. The van der Waals surface area contributed by atoms with Crippen LogP contribution < -0.4 is 11.1 Å². The number of nitrogens with two attached hydrogens (primary N) is 1. The van der Waals surface area contributed by atoms with E-state index in [1.807, 2.05) is 6.07 Å². The Bertz CT molecular complexity index is 675. The number of hydrogen-bond donors (Lipinski definition) is 2. The summed E-state index contributed by atoms with van der Waals surface area (Å²) in [4.78, 5) is 0. The fourth-order valence-electron chi connectivity index (χ4n) is 1.75. The van der Waals surface area contributed by atoms with Gasteiger partial charge in [-0.2, -0.15) is 5.26 Å². The van der Waals surface area contributed by atoms with E-state index >= 15 is 0 Å². The third-order valence-corrected chi connectivity index (χ3v) is 2.77. The van der Waals surface area contributed by atoms with E-state index in [9.17, 15) is 8.78 Å². The molecule has 0 atom stereocenters. The van der Waals surface area contributed by atoms with Crippen molar-refractivity contribution in [2.24, 2.45) is 0 Å². The first kappa shape index (κ1) is 12.8. The average molecular weight is 259 g/mol. The summed E-state index contributed by atoms with van der Waals surface area (Å²) in [5.74, 6) is -2.06. The summed E-state index contributed by atoms with van der Waals surface area (Å²) in [6.07, 6.45) is 0. The molecule has 0 bridgehead atoms. The van der Waals surface area contributed by atoms with Crippen molar-refractivity contribution in [1.29, 1.82) is 5.26 Å². The molecule has 0 heterocycles. The predicted molar refractivity (Wildman–Crippen MR) is 69.9 cm³/mol. The smallest absolute Gasteiger partial charge is 0.184 e. The van der Waals surface area contributed by atoms with Crippen LogP contribution in [-0.2, 0) is 0 Å². The Morgan fingerprint density at radius 3 is 2.63 bits per heavy atom. The zero-order valence-electron chi connectivity index (χ0n) is 10.2. The first-order chi connectivity index (χ1) is 9.04. The third kappa shape index (κ3) is 2.33. The summed E-state index contributed by atoms with van der Waals surface area (Å²) in [5.41, 5.74) is 7.02. The lowest BCUT2D eigenvalue weighted by Gasteiger charge is -2.13. The van der Waals surface area contributed by atoms with Gasteiger partial charge in [0.25, 0.3) is 0 Å². The second-order valence-electron chi connectivity index (χ2n) is 4.06. The standard InChI is InChI=1S/C14H11F2N3/c1-8-3-2-4-12(9(8)7-17)19-14-11(18)6-5-10(15)13(14)16/h2-6,19H,18H2,1H3. The van der Waals surface area contributed by atoms with Crippen LogP contribution in [0, 0.1) is 29.9 Å². The molecule has 19 heavy (non-hydrogen) atoms.